The molecule has 1 aliphatic heterocycles. The van der Waals surface area contributed by atoms with Crippen LogP contribution >= 0.6 is 0 Å². The van der Waals surface area contributed by atoms with Crippen molar-refractivity contribution in [2.45, 2.75) is 25.8 Å². The van der Waals surface area contributed by atoms with Gasteiger partial charge < -0.3 is 10.1 Å². The molecule has 1 amide bonds. The summed E-state index contributed by atoms with van der Waals surface area (Å²) in [7, 11) is 1.66. The average molecular weight is 483 g/mol. The molecule has 36 heavy (non-hydrogen) atoms. The third-order valence-corrected chi connectivity index (χ3v) is 6.87. The number of nitrogens with one attached hydrogen (secondary N) is 1. The topological polar surface area (TPSA) is 76.5 Å². The molecule has 1 aromatic heterocycles. The van der Waals surface area contributed by atoms with Crippen molar-refractivity contribution in [2.75, 3.05) is 26.7 Å². The molecule has 0 spiro atoms. The maximum atomic E-state index is 13.1. The van der Waals surface area contributed by atoms with Crippen molar-refractivity contribution >= 4 is 16.8 Å². The van der Waals surface area contributed by atoms with E-state index in [0.717, 1.165) is 24.4 Å². The van der Waals surface area contributed by atoms with Crippen LogP contribution in [-0.2, 0) is 0 Å². The highest BCUT2D eigenvalue weighted by Gasteiger charge is 2.24. The summed E-state index contributed by atoms with van der Waals surface area (Å²) < 4.78 is 6.88. The zero-order valence-electron chi connectivity index (χ0n) is 20.6. The molecule has 1 saturated heterocycles. The maximum Gasteiger partial charge on any atom is 0.265 e. The van der Waals surface area contributed by atoms with Crippen LogP contribution in [0.25, 0.3) is 16.6 Å². The Bertz CT molecular complexity index is 1420. The Hall–Kier alpha value is -3.97. The highest BCUT2D eigenvalue weighted by molar-refractivity contribution is 5.94. The lowest BCUT2D eigenvalue weighted by molar-refractivity contribution is 0.0938. The van der Waals surface area contributed by atoms with Crippen LogP contribution in [-0.4, -0.2) is 47.1 Å². The van der Waals surface area contributed by atoms with Crippen LogP contribution in [0.2, 0.25) is 0 Å². The molecular weight excluding hydrogens is 452 g/mol. The number of rotatable bonds is 7. The molecule has 1 aliphatic rings. The van der Waals surface area contributed by atoms with Gasteiger partial charge in [-0.15, -0.1) is 0 Å². The Morgan fingerprint density at radius 3 is 2.39 bits per heavy atom. The van der Waals surface area contributed by atoms with Gasteiger partial charge in [-0.2, -0.15) is 0 Å². The minimum atomic E-state index is -0.139. The number of aryl methyl sites for hydroxylation is 1. The molecule has 0 radical (unpaired) electrons. The van der Waals surface area contributed by atoms with Crippen molar-refractivity contribution in [1.29, 1.82) is 0 Å². The van der Waals surface area contributed by atoms with Gasteiger partial charge in [0.1, 0.15) is 11.6 Å². The Labute approximate surface area is 210 Å². The van der Waals surface area contributed by atoms with Crippen molar-refractivity contribution < 1.29 is 9.53 Å². The monoisotopic (exact) mass is 482 g/mol. The molecule has 0 bridgehead atoms. The number of fused-ring (bicyclic) bond motifs is 1. The summed E-state index contributed by atoms with van der Waals surface area (Å²) >= 11 is 0. The van der Waals surface area contributed by atoms with Crippen LogP contribution in [0.3, 0.4) is 0 Å². The number of nitrogens with zero attached hydrogens (tertiary/aromatic N) is 3. The molecule has 1 N–H and O–H groups in total. The summed E-state index contributed by atoms with van der Waals surface area (Å²) in [5.41, 5.74) is 2.94. The smallest absolute Gasteiger partial charge is 0.265 e. The summed E-state index contributed by atoms with van der Waals surface area (Å²) in [5.74, 6) is 1.28. The molecule has 7 heteroatoms. The van der Waals surface area contributed by atoms with Crippen molar-refractivity contribution in [3.63, 3.8) is 0 Å². The van der Waals surface area contributed by atoms with Crippen LogP contribution < -0.4 is 15.6 Å². The lowest BCUT2D eigenvalue weighted by Gasteiger charge is -2.28. The summed E-state index contributed by atoms with van der Waals surface area (Å²) in [6.07, 6.45) is 2.34. The minimum absolute atomic E-state index is 0.103. The van der Waals surface area contributed by atoms with Gasteiger partial charge >= 0.3 is 0 Å². The zero-order chi connectivity index (χ0) is 25.1. The number of benzene rings is 3. The Kier molecular flexibility index (Phi) is 6.82. The number of hydrogen-bond donors (Lipinski definition) is 1. The normalized spacial score (nSPS) is 14.6. The second kappa shape index (κ2) is 10.3. The number of ether oxygens (including phenoxy) is 1. The van der Waals surface area contributed by atoms with Crippen molar-refractivity contribution in [3.8, 4) is 11.4 Å². The van der Waals surface area contributed by atoms with Gasteiger partial charge in [0.25, 0.3) is 11.5 Å². The van der Waals surface area contributed by atoms with Gasteiger partial charge in [0, 0.05) is 12.1 Å². The standard InChI is InChI=1S/C29H30N4O3/c1-20-31-26-8-4-3-7-25(26)29(35)33(20)23-13-9-22(10-14-23)28(34)30-19-27(32-17-5-6-18-32)21-11-15-24(36-2)16-12-21/h3-4,7-16,27H,5-6,17-19H2,1-2H3,(H,30,34)/t27-/m1/s1. The Morgan fingerprint density at radius 2 is 1.69 bits per heavy atom. The van der Waals surface area contributed by atoms with Gasteiger partial charge in [0.2, 0.25) is 0 Å². The van der Waals surface area contributed by atoms with E-state index in [1.807, 2.05) is 37.3 Å². The summed E-state index contributed by atoms with van der Waals surface area (Å²) in [4.78, 5) is 33.1. The second-order valence-electron chi connectivity index (χ2n) is 9.11. The van der Waals surface area contributed by atoms with Crippen LogP contribution in [0.1, 0.15) is 40.6 Å². The predicted octanol–water partition coefficient (Wildman–Crippen LogP) is 4.27. The van der Waals surface area contributed by atoms with Crippen LogP contribution in [0.4, 0.5) is 0 Å². The van der Waals surface area contributed by atoms with E-state index in [2.05, 4.69) is 27.3 Å². The van der Waals surface area contributed by atoms with Crippen molar-refractivity contribution in [2.24, 2.45) is 0 Å². The quantitative estimate of drug-likeness (QED) is 0.426. The number of carbonyl (C=O) groups excluding carboxylic acids is 1. The lowest BCUT2D eigenvalue weighted by Crippen LogP contribution is -2.36. The summed E-state index contributed by atoms with van der Waals surface area (Å²) in [6, 6.07) is 22.6. The SMILES string of the molecule is COc1ccc([C@@H](CNC(=O)c2ccc(-n3c(C)nc4ccccc4c3=O)cc2)N2CCCC2)cc1. The Balaban J connectivity index is 1.33. The van der Waals surface area contributed by atoms with Gasteiger partial charge in [0.05, 0.1) is 29.7 Å². The van der Waals surface area contributed by atoms with Crippen LogP contribution in [0.15, 0.2) is 77.6 Å². The van der Waals surface area contributed by atoms with E-state index in [1.54, 1.807) is 42.0 Å². The first-order chi connectivity index (χ1) is 17.5. The lowest BCUT2D eigenvalue weighted by atomic mass is 10.0. The van der Waals surface area contributed by atoms with Gasteiger partial charge in [-0.05, 0) is 86.9 Å². The number of likely N-dealkylation sites (tertiary alicyclic amines) is 1. The van der Waals surface area contributed by atoms with Crippen molar-refractivity contribution in [1.82, 2.24) is 19.8 Å². The molecule has 4 aromatic rings. The van der Waals surface area contributed by atoms with E-state index in [1.165, 1.54) is 12.8 Å². The van der Waals surface area contributed by atoms with Gasteiger partial charge in [-0.25, -0.2) is 4.98 Å². The van der Waals surface area contributed by atoms with Gasteiger partial charge in [-0.1, -0.05) is 24.3 Å². The number of aromatic nitrogens is 2. The third-order valence-electron chi connectivity index (χ3n) is 6.87. The molecule has 0 unspecified atom stereocenters. The molecule has 1 atom stereocenters. The number of carbonyl (C=O) groups is 1. The molecule has 184 valence electrons. The van der Waals surface area contributed by atoms with E-state index in [-0.39, 0.29) is 17.5 Å². The molecular formula is C29H30N4O3. The molecule has 7 nitrogen and oxygen atoms in total. The molecule has 0 saturated carbocycles. The second-order valence-corrected chi connectivity index (χ2v) is 9.11. The number of para-hydroxylation sites is 1. The first-order valence-electron chi connectivity index (χ1n) is 12.3. The maximum absolute atomic E-state index is 13.1. The summed E-state index contributed by atoms with van der Waals surface area (Å²) in [6.45, 7) is 4.37. The first-order valence-corrected chi connectivity index (χ1v) is 12.3. The van der Waals surface area contributed by atoms with Gasteiger partial charge in [-0.3, -0.25) is 19.1 Å². The third kappa shape index (κ3) is 4.75. The fourth-order valence-corrected chi connectivity index (χ4v) is 4.94. The van der Waals surface area contributed by atoms with E-state index >= 15 is 0 Å². The highest BCUT2D eigenvalue weighted by Crippen LogP contribution is 2.26. The molecule has 2 heterocycles. The fourth-order valence-electron chi connectivity index (χ4n) is 4.94. The molecule has 5 rings (SSSR count). The molecule has 3 aromatic carbocycles. The number of amides is 1. The number of methoxy groups -OCH3 is 1. The van der Waals surface area contributed by atoms with Crippen LogP contribution in [0, 0.1) is 6.92 Å². The Morgan fingerprint density at radius 1 is 1.00 bits per heavy atom. The van der Waals surface area contributed by atoms with Gasteiger partial charge in [0.15, 0.2) is 0 Å². The molecule has 1 fully saturated rings. The minimum Gasteiger partial charge on any atom is -0.497 e. The fraction of sp³-hybridized carbons (Fsp3) is 0.276. The highest BCUT2D eigenvalue weighted by atomic mass is 16.5. The summed E-state index contributed by atoms with van der Waals surface area (Å²) in [5, 5.41) is 3.68. The number of hydrogen-bond acceptors (Lipinski definition) is 5. The first kappa shape index (κ1) is 23.8. The van der Waals surface area contributed by atoms with E-state index in [4.69, 9.17) is 4.74 Å². The van der Waals surface area contributed by atoms with E-state index in [9.17, 15) is 9.59 Å². The largest absolute Gasteiger partial charge is 0.497 e. The van der Waals surface area contributed by atoms with E-state index < -0.39 is 0 Å². The van der Waals surface area contributed by atoms with Crippen LogP contribution in [0.5, 0.6) is 5.75 Å². The average Bonchev–Trinajstić information content (AvgIpc) is 3.44. The van der Waals surface area contributed by atoms with E-state index in [0.29, 0.717) is 34.5 Å². The predicted molar refractivity (Wildman–Crippen MR) is 141 cm³/mol. The van der Waals surface area contributed by atoms with Crippen molar-refractivity contribution in [3.05, 3.63) is 100 Å². The molecule has 0 aliphatic carbocycles. The zero-order valence-corrected chi connectivity index (χ0v) is 20.6.